The minimum absolute atomic E-state index is 0.0678. The molecular weight excluding hydrogens is 562 g/mol. The van der Waals surface area contributed by atoms with E-state index in [1.807, 2.05) is 37.3 Å². The molecule has 0 radical (unpaired) electrons. The van der Waals surface area contributed by atoms with Gasteiger partial charge in [-0.25, -0.2) is 14.1 Å². The third kappa shape index (κ3) is 6.83. The number of hydrogen-bond donors (Lipinski definition) is 2. The van der Waals surface area contributed by atoms with E-state index in [0.29, 0.717) is 67.7 Å². The maximum atomic E-state index is 13.0. The molecule has 226 valence electrons. The summed E-state index contributed by atoms with van der Waals surface area (Å²) in [6, 6.07) is 9.63. The van der Waals surface area contributed by atoms with Crippen LogP contribution < -0.4 is 5.32 Å². The predicted molar refractivity (Wildman–Crippen MR) is 155 cm³/mol. The summed E-state index contributed by atoms with van der Waals surface area (Å²) in [5, 5.41) is 12.5. The number of aromatic nitrogens is 1. The molecule has 1 atom stereocenters. The van der Waals surface area contributed by atoms with E-state index in [4.69, 9.17) is 18.9 Å². The number of carboxylic acid groups (broad SMARTS) is 1. The monoisotopic (exact) mass is 598 g/mol. The van der Waals surface area contributed by atoms with E-state index in [1.54, 1.807) is 7.05 Å². The second-order valence-electron chi connectivity index (χ2n) is 11.1. The van der Waals surface area contributed by atoms with Gasteiger partial charge in [0.05, 0.1) is 36.4 Å². The van der Waals surface area contributed by atoms with Crippen molar-refractivity contribution in [1.82, 2.24) is 14.6 Å². The Morgan fingerprint density at radius 3 is 2.55 bits per heavy atom. The largest absolute Gasteiger partial charge is 0.760 e. The second-order valence-corrected chi connectivity index (χ2v) is 12.1. The molecule has 1 aromatic carbocycles. The van der Waals surface area contributed by atoms with Crippen molar-refractivity contribution < 1.29 is 37.3 Å². The Morgan fingerprint density at radius 2 is 1.93 bits per heavy atom. The van der Waals surface area contributed by atoms with Crippen molar-refractivity contribution in [2.45, 2.75) is 69.9 Å². The lowest BCUT2D eigenvalue weighted by Gasteiger charge is -2.35. The van der Waals surface area contributed by atoms with Crippen molar-refractivity contribution in [3.63, 3.8) is 0 Å². The third-order valence-electron chi connectivity index (χ3n) is 8.11. The maximum absolute atomic E-state index is 13.0. The fourth-order valence-corrected chi connectivity index (χ4v) is 6.15. The van der Waals surface area contributed by atoms with Gasteiger partial charge in [-0.1, -0.05) is 29.8 Å². The molecule has 11 nitrogen and oxygen atoms in total. The number of hydrogen-bond acceptors (Lipinski definition) is 8. The lowest BCUT2D eigenvalue weighted by molar-refractivity contribution is -0.0901. The van der Waals surface area contributed by atoms with Crippen LogP contribution in [0.25, 0.3) is 22.4 Å². The van der Waals surface area contributed by atoms with Gasteiger partial charge < -0.3 is 28.9 Å². The third-order valence-corrected chi connectivity index (χ3v) is 8.85. The Labute approximate surface area is 247 Å². The van der Waals surface area contributed by atoms with Gasteiger partial charge in [-0.15, -0.1) is 0 Å². The number of aryl methyl sites for hydroxylation is 1. The normalized spacial score (nSPS) is 17.3. The van der Waals surface area contributed by atoms with E-state index in [0.717, 1.165) is 29.5 Å². The maximum Gasteiger partial charge on any atom is 0.506 e. The molecular formula is C30H36N3O8S-. The highest BCUT2D eigenvalue weighted by Crippen LogP contribution is 2.44. The van der Waals surface area contributed by atoms with Crippen molar-refractivity contribution >= 4 is 34.4 Å². The van der Waals surface area contributed by atoms with Crippen LogP contribution in [0.1, 0.15) is 78.0 Å². The number of pyridine rings is 1. The zero-order valence-electron chi connectivity index (χ0n) is 23.8. The molecule has 3 heterocycles. The topological polar surface area (TPSA) is 154 Å². The number of nitrogens with zero attached hydrogens (tertiary/aromatic N) is 2. The fraction of sp³-hybridized carbons (Fsp3) is 0.500. The van der Waals surface area contributed by atoms with E-state index < -0.39 is 23.0 Å². The van der Waals surface area contributed by atoms with Crippen LogP contribution >= 0.6 is 0 Å². The van der Waals surface area contributed by atoms with E-state index in [2.05, 4.69) is 5.32 Å². The molecule has 0 bridgehead atoms. The molecule has 42 heavy (non-hydrogen) atoms. The number of ether oxygens (including phenoxy) is 2. The van der Waals surface area contributed by atoms with Crippen molar-refractivity contribution in [2.75, 3.05) is 26.8 Å². The smallest absolute Gasteiger partial charge is 0.506 e. The van der Waals surface area contributed by atoms with Crippen LogP contribution in [0.5, 0.6) is 0 Å². The first-order valence-electron chi connectivity index (χ1n) is 14.3. The van der Waals surface area contributed by atoms with Crippen LogP contribution in [0.15, 0.2) is 34.7 Å². The molecule has 2 aromatic heterocycles. The van der Waals surface area contributed by atoms with E-state index in [-0.39, 0.29) is 30.6 Å². The first kappa shape index (κ1) is 30.1. The quantitative estimate of drug-likeness (QED) is 0.166. The van der Waals surface area contributed by atoms with Crippen molar-refractivity contribution in [3.05, 3.63) is 52.7 Å². The predicted octanol–water partition coefficient (Wildman–Crippen LogP) is 5.05. The lowest BCUT2D eigenvalue weighted by Crippen LogP contribution is -2.40. The molecule has 2 fully saturated rings. The summed E-state index contributed by atoms with van der Waals surface area (Å²) in [5.74, 6) is 0.387. The van der Waals surface area contributed by atoms with Gasteiger partial charge in [0.15, 0.2) is 0 Å². The van der Waals surface area contributed by atoms with Crippen molar-refractivity contribution in [3.8, 4) is 11.3 Å². The van der Waals surface area contributed by atoms with Gasteiger partial charge in [0.2, 0.25) is 5.71 Å². The minimum atomic E-state index is -2.50. The summed E-state index contributed by atoms with van der Waals surface area (Å²) < 4.78 is 42.7. The highest BCUT2D eigenvalue weighted by Gasteiger charge is 2.36. The summed E-state index contributed by atoms with van der Waals surface area (Å²) >= 11 is -2.50. The van der Waals surface area contributed by atoms with Gasteiger partial charge in [-0.2, -0.15) is 0 Å². The first-order valence-corrected chi connectivity index (χ1v) is 15.3. The van der Waals surface area contributed by atoms with Crippen molar-refractivity contribution in [2.24, 2.45) is 0 Å². The van der Waals surface area contributed by atoms with Gasteiger partial charge >= 0.3 is 6.16 Å². The highest BCUT2D eigenvalue weighted by molar-refractivity contribution is 7.76. The Bertz CT molecular complexity index is 1460. The van der Waals surface area contributed by atoms with Crippen LogP contribution in [0.3, 0.4) is 0 Å². The Balaban J connectivity index is 1.38. The van der Waals surface area contributed by atoms with Crippen LogP contribution in [-0.2, 0) is 27.3 Å². The summed E-state index contributed by atoms with van der Waals surface area (Å²) in [6.07, 6.45) is 3.21. The molecule has 1 amide bonds. The van der Waals surface area contributed by atoms with Crippen LogP contribution in [-0.4, -0.2) is 67.6 Å². The SMILES string of the molecule is CNC(=O)c1c(-c2ccc(C)cc2)oc2nc(CN(CCCCC3(OC(=O)O)CCOCC3)S(=O)[O-])c(C3CC3)cc12. The number of rotatable bonds is 12. The van der Waals surface area contributed by atoms with E-state index in [9.17, 15) is 23.5 Å². The molecule has 2 aliphatic rings. The molecule has 1 aliphatic carbocycles. The number of amides is 1. The first-order chi connectivity index (χ1) is 20.2. The molecule has 1 aliphatic heterocycles. The summed E-state index contributed by atoms with van der Waals surface area (Å²) in [6.45, 7) is 3.16. The van der Waals surface area contributed by atoms with Gasteiger partial charge in [0.25, 0.3) is 5.91 Å². The Morgan fingerprint density at radius 1 is 1.21 bits per heavy atom. The number of fused-ring (bicyclic) bond motifs is 1. The molecule has 3 aromatic rings. The molecule has 1 unspecified atom stereocenters. The summed E-state index contributed by atoms with van der Waals surface area (Å²) in [7, 11) is 1.57. The molecule has 1 saturated heterocycles. The van der Waals surface area contributed by atoms with Gasteiger partial charge in [-0.3, -0.25) is 9.00 Å². The van der Waals surface area contributed by atoms with E-state index >= 15 is 0 Å². The number of unbranched alkanes of at least 4 members (excludes halogenated alkanes) is 1. The Kier molecular flexibility index (Phi) is 9.26. The van der Waals surface area contributed by atoms with Gasteiger partial charge in [-0.05, 0) is 56.6 Å². The molecule has 1 saturated carbocycles. The summed E-state index contributed by atoms with van der Waals surface area (Å²) in [5.41, 5.74) is 3.26. The fourth-order valence-electron chi connectivity index (χ4n) is 5.65. The van der Waals surface area contributed by atoms with Crippen LogP contribution in [0, 0.1) is 6.92 Å². The lowest BCUT2D eigenvalue weighted by atomic mass is 9.88. The molecule has 2 N–H and O–H groups in total. The number of carbonyl (C=O) groups is 2. The minimum Gasteiger partial charge on any atom is -0.760 e. The zero-order chi connectivity index (χ0) is 29.9. The van der Waals surface area contributed by atoms with Gasteiger partial charge in [0, 0.05) is 43.3 Å². The van der Waals surface area contributed by atoms with Crippen molar-refractivity contribution in [1.29, 1.82) is 0 Å². The number of benzene rings is 1. The van der Waals surface area contributed by atoms with E-state index in [1.165, 1.54) is 4.31 Å². The highest BCUT2D eigenvalue weighted by atomic mass is 32.2. The summed E-state index contributed by atoms with van der Waals surface area (Å²) in [4.78, 5) is 29.1. The Hall–Kier alpha value is -3.32. The molecule has 0 spiro atoms. The zero-order valence-corrected chi connectivity index (χ0v) is 24.7. The second kappa shape index (κ2) is 12.9. The van der Waals surface area contributed by atoms with Crippen LogP contribution in [0.2, 0.25) is 0 Å². The number of nitrogens with one attached hydrogen (secondary N) is 1. The van der Waals surface area contributed by atoms with Crippen LogP contribution in [0.4, 0.5) is 4.79 Å². The number of carbonyl (C=O) groups excluding carboxylic acids is 1. The molecule has 12 heteroatoms. The average Bonchev–Trinajstić information content (AvgIpc) is 3.74. The molecule has 5 rings (SSSR count). The number of furan rings is 1. The average molecular weight is 599 g/mol. The van der Waals surface area contributed by atoms with Gasteiger partial charge in [0.1, 0.15) is 11.4 Å². The standard InChI is InChI=1S/C30H37N3O8S/c1-19-5-7-21(8-6-19)26-25(27(34)31-2)23-17-22(20-9-10-20)24(32-28(23)40-26)18-33(42(37)38)14-4-3-11-30(41-29(35)36)12-15-39-16-13-30/h5-8,17,20H,3-4,9-16,18H2,1-2H3,(H,31,34)(H,35,36)(H,37,38)/p-1.